The number of halogens is 1. The SMILES string of the molecule is C[C@@](O)(c1ccc(Br)cc1)C1CCCN(C(=O)O)C1. The summed E-state index contributed by atoms with van der Waals surface area (Å²) in [6.45, 7) is 2.72. The molecule has 1 fully saturated rings. The molecule has 1 unspecified atom stereocenters. The average molecular weight is 328 g/mol. The Balaban J connectivity index is 2.18. The van der Waals surface area contributed by atoms with E-state index in [1.807, 2.05) is 24.3 Å². The van der Waals surface area contributed by atoms with E-state index >= 15 is 0 Å². The highest BCUT2D eigenvalue weighted by atomic mass is 79.9. The Morgan fingerprint density at radius 3 is 2.63 bits per heavy atom. The Morgan fingerprint density at radius 2 is 2.05 bits per heavy atom. The van der Waals surface area contributed by atoms with Crippen molar-refractivity contribution < 1.29 is 15.0 Å². The topological polar surface area (TPSA) is 60.8 Å². The van der Waals surface area contributed by atoms with Crippen LogP contribution in [0.25, 0.3) is 0 Å². The molecule has 0 bridgehead atoms. The number of nitrogens with zero attached hydrogens (tertiary/aromatic N) is 1. The maximum atomic E-state index is 11.0. The third kappa shape index (κ3) is 3.09. The second-order valence-corrected chi connectivity index (χ2v) is 6.14. The number of aliphatic hydroxyl groups is 1. The zero-order chi connectivity index (χ0) is 14.0. The van der Waals surface area contributed by atoms with Crippen LogP contribution in [0, 0.1) is 5.92 Å². The first kappa shape index (κ1) is 14.3. The summed E-state index contributed by atoms with van der Waals surface area (Å²) in [7, 11) is 0. The van der Waals surface area contributed by atoms with E-state index in [9.17, 15) is 9.90 Å². The smallest absolute Gasteiger partial charge is 0.407 e. The van der Waals surface area contributed by atoms with Gasteiger partial charge in [0.05, 0.1) is 5.60 Å². The number of likely N-dealkylation sites (tertiary alicyclic amines) is 1. The Bertz CT molecular complexity index is 458. The van der Waals surface area contributed by atoms with Crippen molar-refractivity contribution in [3.05, 3.63) is 34.3 Å². The summed E-state index contributed by atoms with van der Waals surface area (Å²) < 4.78 is 0.961. The third-order valence-electron chi connectivity index (χ3n) is 3.92. The van der Waals surface area contributed by atoms with E-state index in [0.717, 1.165) is 22.9 Å². The summed E-state index contributed by atoms with van der Waals surface area (Å²) in [4.78, 5) is 12.4. The normalized spacial score (nSPS) is 22.9. The molecule has 0 aromatic heterocycles. The van der Waals surface area contributed by atoms with Gasteiger partial charge in [-0.3, -0.25) is 0 Å². The Morgan fingerprint density at radius 1 is 1.42 bits per heavy atom. The molecule has 2 N–H and O–H groups in total. The van der Waals surface area contributed by atoms with Gasteiger partial charge in [0.2, 0.25) is 0 Å². The lowest BCUT2D eigenvalue weighted by Gasteiger charge is -2.39. The van der Waals surface area contributed by atoms with Gasteiger partial charge >= 0.3 is 6.09 Å². The van der Waals surface area contributed by atoms with Gasteiger partial charge in [0, 0.05) is 23.5 Å². The molecule has 19 heavy (non-hydrogen) atoms. The van der Waals surface area contributed by atoms with Gasteiger partial charge in [0.15, 0.2) is 0 Å². The molecule has 5 heteroatoms. The molecule has 1 amide bonds. The number of hydrogen-bond acceptors (Lipinski definition) is 2. The maximum absolute atomic E-state index is 11.0. The zero-order valence-corrected chi connectivity index (χ0v) is 12.4. The van der Waals surface area contributed by atoms with Crippen LogP contribution in [0.5, 0.6) is 0 Å². The van der Waals surface area contributed by atoms with E-state index in [1.165, 1.54) is 4.90 Å². The highest BCUT2D eigenvalue weighted by molar-refractivity contribution is 9.10. The van der Waals surface area contributed by atoms with Crippen LogP contribution in [0.3, 0.4) is 0 Å². The van der Waals surface area contributed by atoms with Crippen LogP contribution in [0.2, 0.25) is 0 Å². The zero-order valence-electron chi connectivity index (χ0n) is 10.8. The van der Waals surface area contributed by atoms with Crippen LogP contribution in [-0.4, -0.2) is 34.3 Å². The molecule has 2 rings (SSSR count). The quantitative estimate of drug-likeness (QED) is 0.877. The lowest BCUT2D eigenvalue weighted by Crippen LogP contribution is -2.46. The minimum atomic E-state index is -1.01. The Labute approximate surface area is 121 Å². The molecule has 1 heterocycles. The minimum absolute atomic E-state index is 0.0708. The first-order chi connectivity index (χ1) is 8.91. The molecule has 104 valence electrons. The lowest BCUT2D eigenvalue weighted by molar-refractivity contribution is -0.0343. The standard InChI is InChI=1S/C14H18BrNO3/c1-14(19,10-4-6-12(15)7-5-10)11-3-2-8-16(9-11)13(17)18/h4-7,11,19H,2-3,8-9H2,1H3,(H,17,18)/t11?,14-/m1/s1. The predicted octanol–water partition coefficient (Wildman–Crippen LogP) is 3.05. The van der Waals surface area contributed by atoms with E-state index in [1.54, 1.807) is 6.92 Å². The lowest BCUT2D eigenvalue weighted by atomic mass is 9.78. The monoisotopic (exact) mass is 327 g/mol. The number of benzene rings is 1. The van der Waals surface area contributed by atoms with Crippen molar-refractivity contribution in [2.75, 3.05) is 13.1 Å². The summed E-state index contributed by atoms with van der Waals surface area (Å²) in [6, 6.07) is 7.54. The van der Waals surface area contributed by atoms with Gasteiger partial charge in [-0.15, -0.1) is 0 Å². The number of amides is 1. The van der Waals surface area contributed by atoms with Crippen LogP contribution in [0.15, 0.2) is 28.7 Å². The van der Waals surface area contributed by atoms with Gasteiger partial charge in [-0.2, -0.15) is 0 Å². The average Bonchev–Trinajstić information content (AvgIpc) is 2.39. The molecule has 0 spiro atoms. The molecule has 4 nitrogen and oxygen atoms in total. The molecule has 2 atom stereocenters. The third-order valence-corrected chi connectivity index (χ3v) is 4.44. The van der Waals surface area contributed by atoms with E-state index in [2.05, 4.69) is 15.9 Å². The van der Waals surface area contributed by atoms with Crippen molar-refractivity contribution in [3.8, 4) is 0 Å². The predicted molar refractivity (Wildman–Crippen MR) is 76.0 cm³/mol. The molecule has 1 aliphatic rings. The number of hydrogen-bond donors (Lipinski definition) is 2. The molecule has 1 aliphatic heterocycles. The van der Waals surface area contributed by atoms with Crippen molar-refractivity contribution in [3.63, 3.8) is 0 Å². The number of carboxylic acid groups (broad SMARTS) is 1. The van der Waals surface area contributed by atoms with E-state index in [-0.39, 0.29) is 5.92 Å². The summed E-state index contributed by atoms with van der Waals surface area (Å²) >= 11 is 3.37. The number of rotatable bonds is 2. The van der Waals surface area contributed by atoms with Gasteiger partial charge in [-0.05, 0) is 37.5 Å². The van der Waals surface area contributed by atoms with Crippen molar-refractivity contribution >= 4 is 22.0 Å². The van der Waals surface area contributed by atoms with Crippen molar-refractivity contribution in [1.29, 1.82) is 0 Å². The fraction of sp³-hybridized carbons (Fsp3) is 0.500. The first-order valence-corrected chi connectivity index (χ1v) is 7.17. The van der Waals surface area contributed by atoms with Crippen LogP contribution in [0.1, 0.15) is 25.3 Å². The molecule has 1 saturated heterocycles. The number of carbonyl (C=O) groups is 1. The van der Waals surface area contributed by atoms with Crippen LogP contribution >= 0.6 is 15.9 Å². The largest absolute Gasteiger partial charge is 0.465 e. The molecule has 1 aromatic rings. The second-order valence-electron chi connectivity index (χ2n) is 5.22. The van der Waals surface area contributed by atoms with Crippen molar-refractivity contribution in [1.82, 2.24) is 4.90 Å². The van der Waals surface area contributed by atoms with Gasteiger partial charge in [-0.25, -0.2) is 4.79 Å². The van der Waals surface area contributed by atoms with Crippen molar-refractivity contribution in [2.24, 2.45) is 5.92 Å². The van der Waals surface area contributed by atoms with Gasteiger partial charge in [0.1, 0.15) is 0 Å². The Hall–Kier alpha value is -1.07. The highest BCUT2D eigenvalue weighted by Crippen LogP contribution is 2.35. The second kappa shape index (κ2) is 5.51. The molecule has 0 aliphatic carbocycles. The maximum Gasteiger partial charge on any atom is 0.407 e. The van der Waals surface area contributed by atoms with E-state index < -0.39 is 11.7 Å². The summed E-state index contributed by atoms with van der Waals surface area (Å²) in [6.07, 6.45) is 0.729. The van der Waals surface area contributed by atoms with Crippen LogP contribution < -0.4 is 0 Å². The summed E-state index contributed by atoms with van der Waals surface area (Å²) in [5.41, 5.74) is -0.178. The molecular weight excluding hydrogens is 310 g/mol. The van der Waals surface area contributed by atoms with E-state index in [4.69, 9.17) is 5.11 Å². The van der Waals surface area contributed by atoms with Gasteiger partial charge in [-0.1, -0.05) is 28.1 Å². The molecular formula is C14H18BrNO3. The first-order valence-electron chi connectivity index (χ1n) is 6.37. The van der Waals surface area contributed by atoms with Gasteiger partial charge in [0.25, 0.3) is 0 Å². The van der Waals surface area contributed by atoms with Crippen molar-refractivity contribution in [2.45, 2.75) is 25.4 Å². The number of piperidine rings is 1. The fourth-order valence-corrected chi connectivity index (χ4v) is 2.90. The Kier molecular flexibility index (Phi) is 4.16. The summed E-state index contributed by atoms with van der Waals surface area (Å²) in [5, 5.41) is 19.8. The highest BCUT2D eigenvalue weighted by Gasteiger charge is 2.37. The van der Waals surface area contributed by atoms with Gasteiger partial charge < -0.3 is 15.1 Å². The van der Waals surface area contributed by atoms with Crippen LogP contribution in [0.4, 0.5) is 4.79 Å². The summed E-state index contributed by atoms with van der Waals surface area (Å²) in [5.74, 6) is -0.0708. The molecule has 0 saturated carbocycles. The minimum Gasteiger partial charge on any atom is -0.465 e. The van der Waals surface area contributed by atoms with E-state index in [0.29, 0.717) is 13.1 Å². The molecule has 0 radical (unpaired) electrons. The molecule has 1 aromatic carbocycles. The fourth-order valence-electron chi connectivity index (χ4n) is 2.63. The van der Waals surface area contributed by atoms with Crippen LogP contribution in [-0.2, 0) is 5.60 Å².